The van der Waals surface area contributed by atoms with E-state index in [1.54, 1.807) is 23.1 Å². The first-order valence-electron chi connectivity index (χ1n) is 4.61. The summed E-state index contributed by atoms with van der Waals surface area (Å²) < 4.78 is 1.07. The van der Waals surface area contributed by atoms with E-state index in [1.165, 1.54) is 10.5 Å². The first-order valence-corrected chi connectivity index (χ1v) is 6.31. The summed E-state index contributed by atoms with van der Waals surface area (Å²) in [4.78, 5) is 5.60. The average Bonchev–Trinajstić information content (AvgIpc) is 2.58. The third kappa shape index (κ3) is 2.52. The number of aryl methyl sites for hydroxylation is 2. The van der Waals surface area contributed by atoms with Gasteiger partial charge in [0.05, 0.1) is 0 Å². The maximum atomic E-state index is 5.76. The van der Waals surface area contributed by atoms with Crippen molar-refractivity contribution in [1.29, 1.82) is 0 Å². The number of hydrogen-bond donors (Lipinski definition) is 1. The van der Waals surface area contributed by atoms with Crippen molar-refractivity contribution >= 4 is 28.8 Å². The topological polar surface area (TPSA) is 38.9 Å². The number of thiazole rings is 1. The van der Waals surface area contributed by atoms with Crippen molar-refractivity contribution in [3.8, 4) is 0 Å². The molecule has 0 fully saturated rings. The van der Waals surface area contributed by atoms with Gasteiger partial charge in [-0.1, -0.05) is 17.8 Å². The zero-order chi connectivity index (χ0) is 10.8. The summed E-state index contributed by atoms with van der Waals surface area (Å²) in [5.74, 6) is 0. The Morgan fingerprint density at radius 1 is 1.33 bits per heavy atom. The Hall–Kier alpha value is -1.00. The molecule has 0 atom stereocenters. The molecule has 2 N–H and O–H groups in total. The van der Waals surface area contributed by atoms with Gasteiger partial charge in [0.2, 0.25) is 0 Å². The van der Waals surface area contributed by atoms with Gasteiger partial charge in [0.15, 0.2) is 4.34 Å². The lowest BCUT2D eigenvalue weighted by Gasteiger charge is -2.03. The van der Waals surface area contributed by atoms with Gasteiger partial charge in [-0.15, -0.1) is 11.3 Å². The van der Waals surface area contributed by atoms with E-state index < -0.39 is 0 Å². The molecule has 0 saturated carbocycles. The van der Waals surface area contributed by atoms with Crippen LogP contribution < -0.4 is 5.73 Å². The van der Waals surface area contributed by atoms with E-state index in [0.29, 0.717) is 0 Å². The van der Waals surface area contributed by atoms with Crippen LogP contribution in [0.15, 0.2) is 32.8 Å². The van der Waals surface area contributed by atoms with Gasteiger partial charge >= 0.3 is 0 Å². The zero-order valence-corrected chi connectivity index (χ0v) is 10.3. The van der Waals surface area contributed by atoms with E-state index in [4.69, 9.17) is 5.73 Å². The van der Waals surface area contributed by atoms with E-state index in [9.17, 15) is 0 Å². The fraction of sp³-hybridized carbons (Fsp3) is 0.182. The minimum absolute atomic E-state index is 0.802. The largest absolute Gasteiger partial charge is 0.399 e. The van der Waals surface area contributed by atoms with Gasteiger partial charge in [-0.05, 0) is 31.5 Å². The fourth-order valence-electron chi connectivity index (χ4n) is 1.20. The molecule has 1 aromatic heterocycles. The van der Waals surface area contributed by atoms with Crippen LogP contribution in [0.5, 0.6) is 0 Å². The lowest BCUT2D eigenvalue weighted by Crippen LogP contribution is -1.86. The molecule has 0 aliphatic carbocycles. The van der Waals surface area contributed by atoms with Crippen molar-refractivity contribution in [2.45, 2.75) is 23.1 Å². The second kappa shape index (κ2) is 4.24. The molecule has 0 aliphatic rings. The van der Waals surface area contributed by atoms with Gasteiger partial charge in [0.1, 0.15) is 0 Å². The Labute approximate surface area is 97.5 Å². The van der Waals surface area contributed by atoms with E-state index in [0.717, 1.165) is 15.7 Å². The molecule has 0 bridgehead atoms. The molecule has 0 saturated heterocycles. The van der Waals surface area contributed by atoms with Crippen molar-refractivity contribution in [2.75, 3.05) is 5.73 Å². The van der Waals surface area contributed by atoms with Crippen molar-refractivity contribution in [3.05, 3.63) is 34.8 Å². The Morgan fingerprint density at radius 3 is 2.80 bits per heavy atom. The zero-order valence-electron chi connectivity index (χ0n) is 8.65. The third-order valence-electron chi connectivity index (χ3n) is 2.01. The molecule has 0 radical (unpaired) electrons. The lowest BCUT2D eigenvalue weighted by molar-refractivity contribution is 1.15. The smallest absolute Gasteiger partial charge is 0.154 e. The van der Waals surface area contributed by atoms with Crippen LogP contribution in [0.1, 0.15) is 11.3 Å². The molecule has 2 rings (SSSR count). The Morgan fingerprint density at radius 2 is 2.13 bits per heavy atom. The predicted octanol–water partition coefficient (Wildman–Crippen LogP) is 3.49. The molecule has 2 aromatic rings. The van der Waals surface area contributed by atoms with Crippen LogP contribution in [-0.4, -0.2) is 4.98 Å². The maximum Gasteiger partial charge on any atom is 0.154 e. The van der Waals surface area contributed by atoms with E-state index >= 15 is 0 Å². The summed E-state index contributed by atoms with van der Waals surface area (Å²) in [7, 11) is 0. The van der Waals surface area contributed by atoms with Gasteiger partial charge in [0, 0.05) is 21.7 Å². The van der Waals surface area contributed by atoms with E-state index in [-0.39, 0.29) is 0 Å². The SMILES string of the molecule is Cc1csc(Sc2cc(N)ccc2C)n1. The summed E-state index contributed by atoms with van der Waals surface area (Å²) in [5, 5.41) is 2.06. The molecule has 0 aliphatic heterocycles. The van der Waals surface area contributed by atoms with E-state index in [1.807, 2.05) is 25.1 Å². The minimum Gasteiger partial charge on any atom is -0.399 e. The van der Waals surface area contributed by atoms with Gasteiger partial charge in [0.25, 0.3) is 0 Å². The normalized spacial score (nSPS) is 10.5. The Kier molecular flexibility index (Phi) is 2.98. The molecule has 78 valence electrons. The highest BCUT2D eigenvalue weighted by Gasteiger charge is 2.04. The third-order valence-corrected chi connectivity index (χ3v) is 4.22. The van der Waals surface area contributed by atoms with Crippen LogP contribution in [0.4, 0.5) is 5.69 Å². The lowest BCUT2D eigenvalue weighted by atomic mass is 10.2. The number of nitrogens with zero attached hydrogens (tertiary/aromatic N) is 1. The van der Waals surface area contributed by atoms with E-state index in [2.05, 4.69) is 17.3 Å². The number of nitrogen functional groups attached to an aromatic ring is 1. The average molecular weight is 236 g/mol. The number of aromatic nitrogens is 1. The molecule has 1 heterocycles. The fourth-order valence-corrected chi connectivity index (χ4v) is 3.13. The van der Waals surface area contributed by atoms with Crippen LogP contribution in [0.2, 0.25) is 0 Å². The van der Waals surface area contributed by atoms with Crippen LogP contribution >= 0.6 is 23.1 Å². The molecule has 4 heteroatoms. The second-order valence-electron chi connectivity index (χ2n) is 3.38. The number of benzene rings is 1. The molecule has 0 spiro atoms. The standard InChI is InChI=1S/C11H12N2S2/c1-7-3-4-9(12)5-10(7)15-11-13-8(2)6-14-11/h3-6H,12H2,1-2H3. The van der Waals surface area contributed by atoms with Crippen LogP contribution in [0.25, 0.3) is 0 Å². The van der Waals surface area contributed by atoms with Gasteiger partial charge in [-0.3, -0.25) is 0 Å². The summed E-state index contributed by atoms with van der Waals surface area (Å²) in [6, 6.07) is 5.96. The minimum atomic E-state index is 0.802. The summed E-state index contributed by atoms with van der Waals surface area (Å²) in [6.45, 7) is 4.09. The van der Waals surface area contributed by atoms with Crippen LogP contribution in [0.3, 0.4) is 0 Å². The molecule has 2 nitrogen and oxygen atoms in total. The molecule has 15 heavy (non-hydrogen) atoms. The van der Waals surface area contributed by atoms with Crippen LogP contribution in [-0.2, 0) is 0 Å². The summed E-state index contributed by atoms with van der Waals surface area (Å²) in [5.41, 5.74) is 8.87. The first kappa shape index (κ1) is 10.5. The summed E-state index contributed by atoms with van der Waals surface area (Å²) in [6.07, 6.45) is 0. The number of hydrogen-bond acceptors (Lipinski definition) is 4. The van der Waals surface area contributed by atoms with Gasteiger partial charge in [-0.25, -0.2) is 4.98 Å². The second-order valence-corrected chi connectivity index (χ2v) is 5.53. The predicted molar refractivity (Wildman–Crippen MR) is 66.6 cm³/mol. The Balaban J connectivity index is 2.27. The molecule has 0 amide bonds. The van der Waals surface area contributed by atoms with Gasteiger partial charge < -0.3 is 5.73 Å². The molecule has 1 aromatic carbocycles. The van der Waals surface area contributed by atoms with Crippen LogP contribution in [0, 0.1) is 13.8 Å². The molecular weight excluding hydrogens is 224 g/mol. The van der Waals surface area contributed by atoms with Crippen molar-refractivity contribution < 1.29 is 0 Å². The van der Waals surface area contributed by atoms with Crippen molar-refractivity contribution in [2.24, 2.45) is 0 Å². The molecule has 0 unspecified atom stereocenters. The highest BCUT2D eigenvalue weighted by Crippen LogP contribution is 2.33. The maximum absolute atomic E-state index is 5.76. The quantitative estimate of drug-likeness (QED) is 0.811. The highest BCUT2D eigenvalue weighted by atomic mass is 32.2. The van der Waals surface area contributed by atoms with Gasteiger partial charge in [-0.2, -0.15) is 0 Å². The summed E-state index contributed by atoms with van der Waals surface area (Å²) >= 11 is 3.35. The number of anilines is 1. The van der Waals surface area contributed by atoms with Crippen molar-refractivity contribution in [1.82, 2.24) is 4.98 Å². The highest BCUT2D eigenvalue weighted by molar-refractivity contribution is 8.01. The Bertz CT molecular complexity index is 477. The monoisotopic (exact) mass is 236 g/mol. The first-order chi connectivity index (χ1) is 7.15. The number of nitrogens with two attached hydrogens (primary N) is 1. The van der Waals surface area contributed by atoms with Crippen molar-refractivity contribution in [3.63, 3.8) is 0 Å². The number of rotatable bonds is 2. The molecular formula is C11H12N2S2.